The number of aryl methyl sites for hydroxylation is 2. The van der Waals surface area contributed by atoms with Gasteiger partial charge in [-0.2, -0.15) is 0 Å². The summed E-state index contributed by atoms with van der Waals surface area (Å²) in [6.45, 7) is 9.98. The van der Waals surface area contributed by atoms with E-state index in [1.807, 2.05) is 65.0 Å². The molecule has 0 aliphatic carbocycles. The molecule has 2 amide bonds. The van der Waals surface area contributed by atoms with Crippen LogP contribution in [0.4, 0.5) is 5.69 Å². The molecule has 0 unspecified atom stereocenters. The van der Waals surface area contributed by atoms with E-state index in [-0.39, 0.29) is 19.0 Å². The van der Waals surface area contributed by atoms with Crippen LogP contribution in [0.5, 0.6) is 0 Å². The third kappa shape index (κ3) is 7.56. The van der Waals surface area contributed by atoms with Gasteiger partial charge in [0.2, 0.25) is 21.8 Å². The predicted molar refractivity (Wildman–Crippen MR) is 142 cm³/mol. The molecule has 1 N–H and O–H groups in total. The van der Waals surface area contributed by atoms with E-state index >= 15 is 0 Å². The maximum absolute atomic E-state index is 13.8. The van der Waals surface area contributed by atoms with Crippen LogP contribution in [0.2, 0.25) is 0 Å². The molecule has 0 heterocycles. The van der Waals surface area contributed by atoms with Crippen LogP contribution in [0.15, 0.2) is 42.5 Å². The van der Waals surface area contributed by atoms with Gasteiger partial charge < -0.3 is 10.2 Å². The lowest BCUT2D eigenvalue weighted by Gasteiger charge is -2.33. The van der Waals surface area contributed by atoms with E-state index in [4.69, 9.17) is 0 Å². The molecule has 2 aromatic carbocycles. The van der Waals surface area contributed by atoms with Crippen molar-refractivity contribution in [2.75, 3.05) is 23.7 Å². The normalized spacial score (nSPS) is 12.2. The fourth-order valence-corrected chi connectivity index (χ4v) is 4.90. The van der Waals surface area contributed by atoms with Gasteiger partial charge in [-0.05, 0) is 61.9 Å². The highest BCUT2D eigenvalue weighted by atomic mass is 32.2. The monoisotopic (exact) mass is 501 g/mol. The molecule has 2 aromatic rings. The first kappa shape index (κ1) is 28.4. The third-order valence-electron chi connectivity index (χ3n) is 6.34. The summed E-state index contributed by atoms with van der Waals surface area (Å²) < 4.78 is 26.7. The second-order valence-corrected chi connectivity index (χ2v) is 10.9. The van der Waals surface area contributed by atoms with Crippen LogP contribution < -0.4 is 9.62 Å². The molecule has 0 bridgehead atoms. The summed E-state index contributed by atoms with van der Waals surface area (Å²) in [5, 5.41) is 2.94. The lowest BCUT2D eigenvalue weighted by molar-refractivity contribution is -0.140. The summed E-state index contributed by atoms with van der Waals surface area (Å²) in [5.41, 5.74) is 4.11. The highest BCUT2D eigenvalue weighted by Gasteiger charge is 2.32. The van der Waals surface area contributed by atoms with Crippen molar-refractivity contribution in [3.63, 3.8) is 0 Å². The van der Waals surface area contributed by atoms with Crippen LogP contribution >= 0.6 is 0 Å². The minimum Gasteiger partial charge on any atom is -0.354 e. The van der Waals surface area contributed by atoms with E-state index in [9.17, 15) is 18.0 Å². The van der Waals surface area contributed by atoms with Gasteiger partial charge in [0.25, 0.3) is 0 Å². The first-order valence-electron chi connectivity index (χ1n) is 12.2. The number of hydrogen-bond donors (Lipinski definition) is 1. The molecule has 192 valence electrons. The minimum absolute atomic E-state index is 0.218. The Hall–Kier alpha value is -2.87. The van der Waals surface area contributed by atoms with Crippen LogP contribution in [0.3, 0.4) is 0 Å². The number of unbranched alkanes of at least 4 members (excludes halogenated alkanes) is 1. The number of benzene rings is 2. The maximum Gasteiger partial charge on any atom is 0.244 e. The van der Waals surface area contributed by atoms with Crippen LogP contribution in [-0.2, 0) is 26.2 Å². The number of nitrogens with zero attached hydrogens (tertiary/aromatic N) is 2. The highest BCUT2D eigenvalue weighted by Crippen LogP contribution is 2.26. The van der Waals surface area contributed by atoms with E-state index in [0.717, 1.165) is 45.7 Å². The first-order valence-corrected chi connectivity index (χ1v) is 14.0. The summed E-state index contributed by atoms with van der Waals surface area (Å²) in [4.78, 5) is 28.4. The Balaban J connectivity index is 2.46. The molecule has 0 saturated carbocycles. The number of rotatable bonds is 12. The van der Waals surface area contributed by atoms with Crippen LogP contribution in [0.1, 0.15) is 55.4 Å². The van der Waals surface area contributed by atoms with Gasteiger partial charge >= 0.3 is 0 Å². The number of nitrogens with one attached hydrogen (secondary N) is 1. The van der Waals surface area contributed by atoms with E-state index < -0.39 is 22.0 Å². The van der Waals surface area contributed by atoms with E-state index in [0.29, 0.717) is 18.7 Å². The summed E-state index contributed by atoms with van der Waals surface area (Å²) in [6, 6.07) is 12.4. The molecular weight excluding hydrogens is 462 g/mol. The van der Waals surface area contributed by atoms with Gasteiger partial charge in [0.1, 0.15) is 12.6 Å². The topological polar surface area (TPSA) is 86.8 Å². The zero-order valence-electron chi connectivity index (χ0n) is 21.8. The van der Waals surface area contributed by atoms with Gasteiger partial charge in [0.15, 0.2) is 0 Å². The Labute approximate surface area is 210 Å². The molecule has 35 heavy (non-hydrogen) atoms. The number of carbonyl (C=O) groups is 2. The molecule has 0 aromatic heterocycles. The largest absolute Gasteiger partial charge is 0.354 e. The van der Waals surface area contributed by atoms with Crippen molar-refractivity contribution in [1.29, 1.82) is 0 Å². The zero-order chi connectivity index (χ0) is 26.2. The Morgan fingerprint density at radius 2 is 1.63 bits per heavy atom. The number of hydrogen-bond acceptors (Lipinski definition) is 4. The van der Waals surface area contributed by atoms with Gasteiger partial charge in [0.05, 0.1) is 11.9 Å². The quantitative estimate of drug-likeness (QED) is 0.444. The number of carbonyl (C=O) groups excluding carboxylic acids is 2. The van der Waals surface area contributed by atoms with Gasteiger partial charge in [0, 0.05) is 13.1 Å². The molecule has 1 atom stereocenters. The standard InChI is InChI=1S/C27H39N3O4S/c1-7-9-17-28-27(32)24(8-2)29(18-23-15-11-10-13-21(23)4)26(31)19-30(35(6,33)34)25-16-12-14-20(3)22(25)5/h10-16,24H,7-9,17-19H2,1-6H3,(H,28,32)/t24-/m0/s1. The highest BCUT2D eigenvalue weighted by molar-refractivity contribution is 7.92. The molecule has 0 radical (unpaired) electrons. The summed E-state index contributed by atoms with van der Waals surface area (Å²) in [6.07, 6.45) is 3.31. The van der Waals surface area contributed by atoms with Crippen molar-refractivity contribution in [2.24, 2.45) is 0 Å². The minimum atomic E-state index is -3.75. The Kier molecular flexibility index (Phi) is 10.3. The molecule has 7 nitrogen and oxygen atoms in total. The van der Waals surface area contributed by atoms with Crippen molar-refractivity contribution in [1.82, 2.24) is 10.2 Å². The van der Waals surface area contributed by atoms with Crippen molar-refractivity contribution in [2.45, 2.75) is 66.5 Å². The molecule has 8 heteroatoms. The maximum atomic E-state index is 13.8. The predicted octanol–water partition coefficient (Wildman–Crippen LogP) is 4.10. The first-order chi connectivity index (χ1) is 16.5. The second kappa shape index (κ2) is 12.7. The molecule has 0 spiro atoms. The number of anilines is 1. The van der Waals surface area contributed by atoms with E-state index in [1.54, 1.807) is 12.1 Å². The van der Waals surface area contributed by atoms with Gasteiger partial charge in [-0.15, -0.1) is 0 Å². The van der Waals surface area contributed by atoms with E-state index in [2.05, 4.69) is 5.32 Å². The molecule has 0 fully saturated rings. The zero-order valence-corrected chi connectivity index (χ0v) is 22.6. The van der Waals surface area contributed by atoms with Crippen LogP contribution in [-0.4, -0.2) is 50.5 Å². The average Bonchev–Trinajstić information content (AvgIpc) is 2.80. The smallest absolute Gasteiger partial charge is 0.244 e. The van der Waals surface area contributed by atoms with Crippen molar-refractivity contribution < 1.29 is 18.0 Å². The number of amides is 2. The second-order valence-electron chi connectivity index (χ2n) is 9.01. The third-order valence-corrected chi connectivity index (χ3v) is 7.47. The SMILES string of the molecule is CCCCNC(=O)[C@H](CC)N(Cc1ccccc1C)C(=O)CN(c1cccc(C)c1C)S(C)(=O)=O. The van der Waals surface area contributed by atoms with E-state index in [1.165, 1.54) is 4.90 Å². The summed E-state index contributed by atoms with van der Waals surface area (Å²) in [5.74, 6) is -0.641. The molecule has 0 saturated heterocycles. The summed E-state index contributed by atoms with van der Waals surface area (Å²) in [7, 11) is -3.75. The molecule has 2 rings (SSSR count). The molecule has 0 aliphatic heterocycles. The van der Waals surface area contributed by atoms with Crippen LogP contribution in [0.25, 0.3) is 0 Å². The Morgan fingerprint density at radius 1 is 0.971 bits per heavy atom. The van der Waals surface area contributed by atoms with Crippen molar-refractivity contribution in [3.05, 3.63) is 64.7 Å². The molecular formula is C27H39N3O4S. The Bertz CT molecular complexity index is 1130. The fraction of sp³-hybridized carbons (Fsp3) is 0.481. The van der Waals surface area contributed by atoms with Crippen molar-refractivity contribution in [3.8, 4) is 0 Å². The fourth-order valence-electron chi connectivity index (χ4n) is 4.00. The van der Waals surface area contributed by atoms with Gasteiger partial charge in [-0.25, -0.2) is 8.42 Å². The summed E-state index contributed by atoms with van der Waals surface area (Å²) >= 11 is 0. The lowest BCUT2D eigenvalue weighted by Crippen LogP contribution is -2.52. The Morgan fingerprint density at radius 3 is 2.23 bits per heavy atom. The van der Waals surface area contributed by atoms with Gasteiger partial charge in [-0.3, -0.25) is 13.9 Å². The van der Waals surface area contributed by atoms with Crippen LogP contribution in [0, 0.1) is 20.8 Å². The lowest BCUT2D eigenvalue weighted by atomic mass is 10.1. The average molecular weight is 502 g/mol. The number of sulfonamides is 1. The van der Waals surface area contributed by atoms with Crippen molar-refractivity contribution >= 4 is 27.5 Å². The van der Waals surface area contributed by atoms with Gasteiger partial charge in [-0.1, -0.05) is 56.7 Å². The molecule has 0 aliphatic rings.